The average Bonchev–Trinajstić information content (AvgIpc) is 2.36. The quantitative estimate of drug-likeness (QED) is 0.779. The Hall–Kier alpha value is -1.55. The summed E-state index contributed by atoms with van der Waals surface area (Å²) in [7, 11) is 0. The molecule has 0 aromatic heterocycles. The highest BCUT2D eigenvalue weighted by atomic mass is 16.5. The number of para-hydroxylation sites is 1. The number of benzene rings is 1. The Labute approximate surface area is 102 Å². The molecule has 1 amide bonds. The lowest BCUT2D eigenvalue weighted by Gasteiger charge is -2.13. The molecule has 0 spiro atoms. The Kier molecular flexibility index (Phi) is 5.49. The molecule has 0 fully saturated rings. The van der Waals surface area contributed by atoms with Crippen molar-refractivity contribution in [3.63, 3.8) is 0 Å². The second-order valence-corrected chi connectivity index (χ2v) is 3.90. The maximum absolute atomic E-state index is 11.4. The molecule has 0 saturated carbocycles. The van der Waals surface area contributed by atoms with Crippen molar-refractivity contribution in [2.45, 2.75) is 26.3 Å². The topological polar surface area (TPSA) is 58.6 Å². The van der Waals surface area contributed by atoms with Crippen LogP contribution in [0.3, 0.4) is 0 Å². The van der Waals surface area contributed by atoms with Crippen molar-refractivity contribution in [3.8, 4) is 5.75 Å². The second kappa shape index (κ2) is 6.91. The van der Waals surface area contributed by atoms with Gasteiger partial charge in [-0.25, -0.2) is 0 Å². The van der Waals surface area contributed by atoms with Gasteiger partial charge in [0.15, 0.2) is 6.61 Å². The van der Waals surface area contributed by atoms with E-state index in [1.54, 1.807) is 6.92 Å². The third kappa shape index (κ3) is 4.44. The number of amides is 1. The molecule has 1 aromatic carbocycles. The summed E-state index contributed by atoms with van der Waals surface area (Å²) in [6.07, 6.45) is 0.866. The molecular formula is C13H19NO3. The maximum atomic E-state index is 11.4. The zero-order chi connectivity index (χ0) is 12.7. The van der Waals surface area contributed by atoms with E-state index in [4.69, 9.17) is 9.84 Å². The zero-order valence-electron chi connectivity index (χ0n) is 10.3. The van der Waals surface area contributed by atoms with Crippen molar-refractivity contribution in [1.82, 2.24) is 5.32 Å². The van der Waals surface area contributed by atoms with E-state index >= 15 is 0 Å². The van der Waals surface area contributed by atoms with Crippen LogP contribution in [0.4, 0.5) is 0 Å². The van der Waals surface area contributed by atoms with Gasteiger partial charge in [-0.05, 0) is 25.0 Å². The Morgan fingerprint density at radius 2 is 2.18 bits per heavy atom. The normalized spacial score (nSPS) is 11.9. The van der Waals surface area contributed by atoms with E-state index in [2.05, 4.69) is 5.32 Å². The predicted octanol–water partition coefficient (Wildman–Crippen LogP) is 1.12. The molecule has 94 valence electrons. The molecule has 17 heavy (non-hydrogen) atoms. The number of rotatable bonds is 6. The highest BCUT2D eigenvalue weighted by Crippen LogP contribution is 2.17. The van der Waals surface area contributed by atoms with Gasteiger partial charge in [0.1, 0.15) is 5.75 Å². The van der Waals surface area contributed by atoms with Crippen LogP contribution in [0.1, 0.15) is 19.4 Å². The van der Waals surface area contributed by atoms with E-state index in [1.807, 2.05) is 31.2 Å². The first-order valence-electron chi connectivity index (χ1n) is 5.78. The predicted molar refractivity (Wildman–Crippen MR) is 66.0 cm³/mol. The lowest BCUT2D eigenvalue weighted by Crippen LogP contribution is -2.38. The molecule has 1 atom stereocenters. The van der Waals surface area contributed by atoms with Crippen LogP contribution < -0.4 is 10.1 Å². The highest BCUT2D eigenvalue weighted by Gasteiger charge is 2.08. The smallest absolute Gasteiger partial charge is 0.258 e. The van der Waals surface area contributed by atoms with E-state index in [0.29, 0.717) is 0 Å². The first kappa shape index (κ1) is 13.5. The molecule has 0 heterocycles. The number of aliphatic hydroxyl groups is 1. The van der Waals surface area contributed by atoms with E-state index in [9.17, 15) is 4.79 Å². The number of nitrogens with one attached hydrogen (secondary N) is 1. The highest BCUT2D eigenvalue weighted by molar-refractivity contribution is 5.77. The van der Waals surface area contributed by atoms with Gasteiger partial charge in [0.2, 0.25) is 0 Å². The minimum absolute atomic E-state index is 0.0264. The van der Waals surface area contributed by atoms with Gasteiger partial charge in [-0.2, -0.15) is 0 Å². The van der Waals surface area contributed by atoms with Crippen LogP contribution >= 0.6 is 0 Å². The number of carbonyl (C=O) groups is 1. The van der Waals surface area contributed by atoms with Gasteiger partial charge >= 0.3 is 0 Å². The van der Waals surface area contributed by atoms with Gasteiger partial charge < -0.3 is 15.2 Å². The summed E-state index contributed by atoms with van der Waals surface area (Å²) in [6, 6.07) is 7.40. The number of hydrogen-bond acceptors (Lipinski definition) is 3. The van der Waals surface area contributed by atoms with Crippen molar-refractivity contribution in [1.29, 1.82) is 0 Å². The van der Waals surface area contributed by atoms with Crippen molar-refractivity contribution >= 4 is 5.91 Å². The van der Waals surface area contributed by atoms with Crippen LogP contribution in [0.5, 0.6) is 5.75 Å². The lowest BCUT2D eigenvalue weighted by molar-refractivity contribution is -0.124. The number of ether oxygens (including phenoxy) is 1. The van der Waals surface area contributed by atoms with Crippen molar-refractivity contribution < 1.29 is 14.6 Å². The van der Waals surface area contributed by atoms with Crippen molar-refractivity contribution in [3.05, 3.63) is 29.8 Å². The number of aliphatic hydroxyl groups excluding tert-OH is 1. The molecule has 1 unspecified atom stereocenters. The lowest BCUT2D eigenvalue weighted by atomic mass is 10.1. The average molecular weight is 237 g/mol. The van der Waals surface area contributed by atoms with Gasteiger partial charge in [-0.15, -0.1) is 0 Å². The summed E-state index contributed by atoms with van der Waals surface area (Å²) in [5, 5.41) is 11.4. The van der Waals surface area contributed by atoms with E-state index < -0.39 is 0 Å². The zero-order valence-corrected chi connectivity index (χ0v) is 10.3. The summed E-state index contributed by atoms with van der Waals surface area (Å²) in [5.41, 5.74) is 1.08. The fraction of sp³-hybridized carbons (Fsp3) is 0.462. The first-order valence-corrected chi connectivity index (χ1v) is 5.78. The number of carbonyl (C=O) groups excluding carboxylic acids is 1. The largest absolute Gasteiger partial charge is 0.483 e. The van der Waals surface area contributed by atoms with E-state index in [1.165, 1.54) is 0 Å². The molecular weight excluding hydrogens is 218 g/mol. The van der Waals surface area contributed by atoms with E-state index in [0.717, 1.165) is 17.7 Å². The molecule has 1 rings (SSSR count). The Balaban J connectivity index is 2.47. The molecule has 0 bridgehead atoms. The second-order valence-electron chi connectivity index (χ2n) is 3.90. The fourth-order valence-electron chi connectivity index (χ4n) is 1.44. The summed E-state index contributed by atoms with van der Waals surface area (Å²) in [4.78, 5) is 11.4. The minimum Gasteiger partial charge on any atom is -0.483 e. The van der Waals surface area contributed by atoms with E-state index in [-0.39, 0.29) is 25.2 Å². The molecule has 0 aliphatic rings. The van der Waals surface area contributed by atoms with Gasteiger partial charge in [0.25, 0.3) is 5.91 Å². The molecule has 0 saturated heterocycles. The molecule has 4 heteroatoms. The Bertz CT molecular complexity index is 365. The monoisotopic (exact) mass is 237 g/mol. The molecule has 2 N–H and O–H groups in total. The third-order valence-electron chi connectivity index (χ3n) is 2.39. The third-order valence-corrected chi connectivity index (χ3v) is 2.39. The van der Waals surface area contributed by atoms with Crippen LogP contribution in [0.15, 0.2) is 24.3 Å². The summed E-state index contributed by atoms with van der Waals surface area (Å²) in [6.45, 7) is 3.67. The Morgan fingerprint density at radius 1 is 1.47 bits per heavy atom. The van der Waals surface area contributed by atoms with Gasteiger partial charge in [-0.1, -0.05) is 25.1 Å². The fourth-order valence-corrected chi connectivity index (χ4v) is 1.44. The van der Waals surface area contributed by atoms with Gasteiger partial charge in [0.05, 0.1) is 6.61 Å². The van der Waals surface area contributed by atoms with Gasteiger partial charge in [-0.3, -0.25) is 4.79 Å². The minimum atomic E-state index is -0.243. The molecule has 0 aliphatic heterocycles. The first-order chi connectivity index (χ1) is 8.17. The summed E-state index contributed by atoms with van der Waals surface area (Å²) < 4.78 is 5.44. The molecule has 0 aliphatic carbocycles. The van der Waals surface area contributed by atoms with Crippen LogP contribution in [-0.2, 0) is 11.2 Å². The van der Waals surface area contributed by atoms with Crippen LogP contribution in [-0.4, -0.2) is 30.3 Å². The summed E-state index contributed by atoms with van der Waals surface area (Å²) >= 11 is 0. The number of hydrogen-bond donors (Lipinski definition) is 2. The standard InChI is InChI=1S/C13H19NO3/c1-3-11-6-4-5-7-12(11)17-9-13(16)14-10(2)8-15/h4-7,10,15H,3,8-9H2,1-2H3,(H,14,16). The van der Waals surface area contributed by atoms with Crippen LogP contribution in [0.25, 0.3) is 0 Å². The van der Waals surface area contributed by atoms with Crippen LogP contribution in [0.2, 0.25) is 0 Å². The van der Waals surface area contributed by atoms with Crippen LogP contribution in [0, 0.1) is 0 Å². The van der Waals surface area contributed by atoms with Crippen molar-refractivity contribution in [2.75, 3.05) is 13.2 Å². The molecule has 4 nitrogen and oxygen atoms in total. The maximum Gasteiger partial charge on any atom is 0.258 e. The molecule has 0 radical (unpaired) electrons. The molecule has 1 aromatic rings. The van der Waals surface area contributed by atoms with Gasteiger partial charge in [0, 0.05) is 6.04 Å². The number of aryl methyl sites for hydroxylation is 1. The summed E-state index contributed by atoms with van der Waals surface area (Å²) in [5.74, 6) is 0.513. The van der Waals surface area contributed by atoms with Crippen molar-refractivity contribution in [2.24, 2.45) is 0 Å². The Morgan fingerprint density at radius 3 is 2.82 bits per heavy atom. The SMILES string of the molecule is CCc1ccccc1OCC(=O)NC(C)CO.